The van der Waals surface area contributed by atoms with Gasteiger partial charge in [-0.1, -0.05) is 36.4 Å². The number of hydrogen-bond donors (Lipinski definition) is 2. The van der Waals surface area contributed by atoms with Crippen LogP contribution in [0.1, 0.15) is 10.5 Å². The molecule has 0 aliphatic carbocycles. The first-order valence-corrected chi connectivity index (χ1v) is 6.33. The summed E-state index contributed by atoms with van der Waals surface area (Å²) >= 11 is 0. The fourth-order valence-electron chi connectivity index (χ4n) is 2.11. The Kier molecular flexibility index (Phi) is 3.16. The Morgan fingerprint density at radius 1 is 1.00 bits per heavy atom. The van der Waals surface area contributed by atoms with E-state index >= 15 is 0 Å². The van der Waals surface area contributed by atoms with Gasteiger partial charge in [-0.25, -0.2) is 9.48 Å². The number of carboxylic acid groups (broad SMARTS) is 1. The number of nitrogens with zero attached hydrogens (tertiary/aromatic N) is 2. The lowest BCUT2D eigenvalue weighted by Crippen LogP contribution is -2.07. The predicted octanol–water partition coefficient (Wildman–Crippen LogP) is 2.94. The van der Waals surface area contributed by atoms with Crippen molar-refractivity contribution < 1.29 is 15.0 Å². The van der Waals surface area contributed by atoms with Crippen LogP contribution < -0.4 is 0 Å². The average molecular weight is 280 g/mol. The molecule has 5 nitrogen and oxygen atoms in total. The van der Waals surface area contributed by atoms with Gasteiger partial charge in [0.25, 0.3) is 0 Å². The molecule has 0 unspecified atom stereocenters. The Bertz CT molecular complexity index is 794. The van der Waals surface area contributed by atoms with Crippen molar-refractivity contribution in [1.29, 1.82) is 0 Å². The number of carboxylic acids is 1. The summed E-state index contributed by atoms with van der Waals surface area (Å²) in [6.07, 6.45) is 0. The van der Waals surface area contributed by atoms with Crippen LogP contribution in [0.25, 0.3) is 16.9 Å². The lowest BCUT2D eigenvalue weighted by molar-refractivity contribution is 0.0687. The SMILES string of the molecule is O=C(O)c1cc(-c2ccccc2)nn1-c1cccc(O)c1. The summed E-state index contributed by atoms with van der Waals surface area (Å²) in [6, 6.07) is 17.2. The molecule has 0 saturated heterocycles. The summed E-state index contributed by atoms with van der Waals surface area (Å²) in [5.41, 5.74) is 1.93. The molecule has 1 heterocycles. The topological polar surface area (TPSA) is 75.3 Å². The van der Waals surface area contributed by atoms with Crippen molar-refractivity contribution in [2.45, 2.75) is 0 Å². The van der Waals surface area contributed by atoms with E-state index in [-0.39, 0.29) is 11.4 Å². The van der Waals surface area contributed by atoms with E-state index in [1.54, 1.807) is 12.1 Å². The first-order valence-electron chi connectivity index (χ1n) is 6.33. The van der Waals surface area contributed by atoms with Crippen LogP contribution in [0.4, 0.5) is 0 Å². The van der Waals surface area contributed by atoms with Crippen molar-refractivity contribution in [1.82, 2.24) is 9.78 Å². The summed E-state index contributed by atoms with van der Waals surface area (Å²) in [6.45, 7) is 0. The maximum absolute atomic E-state index is 11.4. The quantitative estimate of drug-likeness (QED) is 0.773. The van der Waals surface area contributed by atoms with Gasteiger partial charge in [0.05, 0.1) is 11.4 Å². The van der Waals surface area contributed by atoms with Crippen LogP contribution >= 0.6 is 0 Å². The second kappa shape index (κ2) is 5.13. The van der Waals surface area contributed by atoms with Gasteiger partial charge >= 0.3 is 5.97 Å². The van der Waals surface area contributed by atoms with Crippen molar-refractivity contribution in [3.8, 4) is 22.7 Å². The molecule has 104 valence electrons. The van der Waals surface area contributed by atoms with Gasteiger partial charge in [0, 0.05) is 11.6 Å². The van der Waals surface area contributed by atoms with Gasteiger partial charge in [-0.2, -0.15) is 5.10 Å². The molecule has 0 aliphatic heterocycles. The summed E-state index contributed by atoms with van der Waals surface area (Å²) in [5.74, 6) is -1.02. The van der Waals surface area contributed by atoms with Gasteiger partial charge in [0.1, 0.15) is 5.75 Å². The van der Waals surface area contributed by atoms with Crippen LogP contribution in [-0.4, -0.2) is 26.0 Å². The molecule has 0 saturated carbocycles. The smallest absolute Gasteiger partial charge is 0.354 e. The number of carbonyl (C=O) groups is 1. The van der Waals surface area contributed by atoms with Crippen LogP contribution in [0.15, 0.2) is 60.7 Å². The number of aromatic carboxylic acids is 1. The zero-order valence-corrected chi connectivity index (χ0v) is 11.0. The number of benzene rings is 2. The number of phenolic OH excluding ortho intramolecular Hbond substituents is 1. The Balaban J connectivity index is 2.16. The van der Waals surface area contributed by atoms with E-state index in [2.05, 4.69) is 5.10 Å². The van der Waals surface area contributed by atoms with Crippen molar-refractivity contribution in [3.63, 3.8) is 0 Å². The molecule has 2 aromatic carbocycles. The van der Waals surface area contributed by atoms with E-state index in [4.69, 9.17) is 0 Å². The normalized spacial score (nSPS) is 10.5. The summed E-state index contributed by atoms with van der Waals surface area (Å²) in [7, 11) is 0. The number of rotatable bonds is 3. The summed E-state index contributed by atoms with van der Waals surface area (Å²) < 4.78 is 1.31. The minimum Gasteiger partial charge on any atom is -0.508 e. The monoisotopic (exact) mass is 280 g/mol. The molecule has 0 amide bonds. The molecule has 2 N–H and O–H groups in total. The highest BCUT2D eigenvalue weighted by Crippen LogP contribution is 2.23. The van der Waals surface area contributed by atoms with E-state index in [1.807, 2.05) is 30.3 Å². The Labute approximate surface area is 120 Å². The Hall–Kier alpha value is -3.08. The van der Waals surface area contributed by atoms with Crippen LogP contribution in [0.2, 0.25) is 0 Å². The van der Waals surface area contributed by atoms with Crippen molar-refractivity contribution in [3.05, 3.63) is 66.4 Å². The maximum Gasteiger partial charge on any atom is 0.354 e. The molecular formula is C16H12N2O3. The second-order valence-electron chi connectivity index (χ2n) is 4.52. The average Bonchev–Trinajstić information content (AvgIpc) is 2.93. The van der Waals surface area contributed by atoms with E-state index in [9.17, 15) is 15.0 Å². The van der Waals surface area contributed by atoms with Gasteiger partial charge in [-0.05, 0) is 18.2 Å². The van der Waals surface area contributed by atoms with E-state index in [0.29, 0.717) is 11.4 Å². The minimum absolute atomic E-state index is 0.0412. The lowest BCUT2D eigenvalue weighted by Gasteiger charge is -2.04. The first-order chi connectivity index (χ1) is 10.1. The largest absolute Gasteiger partial charge is 0.508 e. The van der Waals surface area contributed by atoms with Gasteiger partial charge in [-0.15, -0.1) is 0 Å². The highest BCUT2D eigenvalue weighted by molar-refractivity contribution is 5.88. The van der Waals surface area contributed by atoms with Crippen molar-refractivity contribution in [2.75, 3.05) is 0 Å². The van der Waals surface area contributed by atoms with E-state index < -0.39 is 5.97 Å². The van der Waals surface area contributed by atoms with E-state index in [1.165, 1.54) is 22.9 Å². The van der Waals surface area contributed by atoms with Gasteiger partial charge in [-0.3, -0.25) is 0 Å². The van der Waals surface area contributed by atoms with Crippen LogP contribution in [-0.2, 0) is 0 Å². The summed E-state index contributed by atoms with van der Waals surface area (Å²) in [5, 5.41) is 23.2. The number of phenols is 1. The predicted molar refractivity (Wildman–Crippen MR) is 77.6 cm³/mol. The second-order valence-corrected chi connectivity index (χ2v) is 4.52. The molecule has 0 spiro atoms. The molecular weight excluding hydrogens is 268 g/mol. The molecule has 0 radical (unpaired) electrons. The van der Waals surface area contributed by atoms with Crippen LogP contribution in [0.5, 0.6) is 5.75 Å². The zero-order valence-electron chi connectivity index (χ0n) is 11.0. The van der Waals surface area contributed by atoms with Crippen molar-refractivity contribution >= 4 is 5.97 Å². The first kappa shape index (κ1) is 12.9. The standard InChI is InChI=1S/C16H12N2O3/c19-13-8-4-7-12(9-13)18-15(16(20)21)10-14(17-18)11-5-2-1-3-6-11/h1-10,19H,(H,20,21). The zero-order chi connectivity index (χ0) is 14.8. The minimum atomic E-state index is -1.08. The van der Waals surface area contributed by atoms with Gasteiger partial charge in [0.15, 0.2) is 5.69 Å². The molecule has 0 bridgehead atoms. The number of aromatic hydroxyl groups is 1. The highest BCUT2D eigenvalue weighted by Gasteiger charge is 2.16. The molecule has 3 aromatic rings. The summed E-state index contributed by atoms with van der Waals surface area (Å²) in [4.78, 5) is 11.4. The van der Waals surface area contributed by atoms with Crippen LogP contribution in [0, 0.1) is 0 Å². The molecule has 0 aliphatic rings. The number of aromatic nitrogens is 2. The molecule has 5 heteroatoms. The molecule has 21 heavy (non-hydrogen) atoms. The third kappa shape index (κ3) is 2.49. The fraction of sp³-hybridized carbons (Fsp3) is 0. The molecule has 3 rings (SSSR count). The van der Waals surface area contributed by atoms with Crippen molar-refractivity contribution in [2.24, 2.45) is 0 Å². The maximum atomic E-state index is 11.4. The van der Waals surface area contributed by atoms with E-state index in [0.717, 1.165) is 5.56 Å². The Morgan fingerprint density at radius 2 is 1.76 bits per heavy atom. The lowest BCUT2D eigenvalue weighted by atomic mass is 10.1. The third-order valence-electron chi connectivity index (χ3n) is 3.07. The number of hydrogen-bond acceptors (Lipinski definition) is 3. The van der Waals surface area contributed by atoms with Gasteiger partial charge < -0.3 is 10.2 Å². The third-order valence-corrected chi connectivity index (χ3v) is 3.07. The highest BCUT2D eigenvalue weighted by atomic mass is 16.4. The fourth-order valence-corrected chi connectivity index (χ4v) is 2.11. The van der Waals surface area contributed by atoms with Gasteiger partial charge in [0.2, 0.25) is 0 Å². The van der Waals surface area contributed by atoms with Crippen LogP contribution in [0.3, 0.4) is 0 Å². The molecule has 1 aromatic heterocycles. The Morgan fingerprint density at radius 3 is 2.43 bits per heavy atom. The molecule has 0 atom stereocenters. The molecule has 0 fully saturated rings.